The zero-order valence-electron chi connectivity index (χ0n) is 13.3. The highest BCUT2D eigenvalue weighted by atomic mass is 35.5. The van der Waals surface area contributed by atoms with Crippen molar-refractivity contribution in [1.82, 2.24) is 0 Å². The second-order valence-electron chi connectivity index (χ2n) is 4.82. The molecular weight excluding hydrogens is 367 g/mol. The van der Waals surface area contributed by atoms with Gasteiger partial charge in [0.1, 0.15) is 0 Å². The topological polar surface area (TPSA) is 80.2 Å². The summed E-state index contributed by atoms with van der Waals surface area (Å²) < 4.78 is 11.0. The minimum Gasteiger partial charge on any atom is -0.490 e. The van der Waals surface area contributed by atoms with E-state index in [0.29, 0.717) is 28.6 Å². The lowest BCUT2D eigenvalue weighted by Gasteiger charge is -2.14. The van der Waals surface area contributed by atoms with Gasteiger partial charge in [-0.3, -0.25) is 4.79 Å². The molecule has 0 spiro atoms. The fraction of sp³-hybridized carbons (Fsp3) is 0.176. The maximum absolute atomic E-state index is 12.1. The Morgan fingerprint density at radius 2 is 2.00 bits per heavy atom. The van der Waals surface area contributed by atoms with Gasteiger partial charge < -0.3 is 20.0 Å². The Balaban J connectivity index is 2.11. The standard InChI is InChI=1S/C17H16Cl2N2O4/c1-2-24-15-8-11(9-20-23)7-13(19)17(15)25-10-16(22)21-14-6-4-3-5-12(14)18/h3-9,23H,2,10H2,1H3,(H,21,22)/b20-9+. The molecule has 0 heterocycles. The van der Waals surface area contributed by atoms with Crippen LogP contribution < -0.4 is 14.8 Å². The highest BCUT2D eigenvalue weighted by molar-refractivity contribution is 6.33. The predicted octanol–water partition coefficient (Wildman–Crippen LogP) is 4.22. The second-order valence-corrected chi connectivity index (χ2v) is 5.64. The number of nitrogens with zero attached hydrogens (tertiary/aromatic N) is 1. The fourth-order valence-electron chi connectivity index (χ4n) is 2.02. The first kappa shape index (κ1) is 18.9. The van der Waals surface area contributed by atoms with Gasteiger partial charge in [-0.15, -0.1) is 0 Å². The van der Waals surface area contributed by atoms with E-state index in [1.54, 1.807) is 37.3 Å². The number of hydrogen-bond donors (Lipinski definition) is 2. The van der Waals surface area contributed by atoms with Crippen molar-refractivity contribution in [2.45, 2.75) is 6.92 Å². The summed E-state index contributed by atoms with van der Waals surface area (Å²) in [5.74, 6) is 0.177. The molecular formula is C17H16Cl2N2O4. The summed E-state index contributed by atoms with van der Waals surface area (Å²) in [5, 5.41) is 14.9. The molecule has 2 rings (SSSR count). The van der Waals surface area contributed by atoms with Crippen LogP contribution >= 0.6 is 23.2 Å². The number of rotatable bonds is 7. The SMILES string of the molecule is CCOc1cc(/C=N/O)cc(Cl)c1OCC(=O)Nc1ccccc1Cl. The van der Waals surface area contributed by atoms with E-state index < -0.39 is 5.91 Å². The molecule has 8 heteroatoms. The van der Waals surface area contributed by atoms with Crippen molar-refractivity contribution >= 4 is 41.0 Å². The molecule has 0 radical (unpaired) electrons. The summed E-state index contributed by atoms with van der Waals surface area (Å²) in [7, 11) is 0. The van der Waals surface area contributed by atoms with Crippen LogP contribution in [0.3, 0.4) is 0 Å². The van der Waals surface area contributed by atoms with Crippen LogP contribution in [0.1, 0.15) is 12.5 Å². The normalized spacial score (nSPS) is 10.7. The third-order valence-corrected chi connectivity index (χ3v) is 3.64. The van der Waals surface area contributed by atoms with Crippen molar-refractivity contribution in [2.75, 3.05) is 18.5 Å². The van der Waals surface area contributed by atoms with Crippen molar-refractivity contribution in [1.29, 1.82) is 0 Å². The first-order valence-electron chi connectivity index (χ1n) is 7.36. The lowest BCUT2D eigenvalue weighted by molar-refractivity contribution is -0.118. The van der Waals surface area contributed by atoms with E-state index in [1.807, 2.05) is 0 Å². The number of para-hydroxylation sites is 1. The Bertz CT molecular complexity index is 781. The lowest BCUT2D eigenvalue weighted by atomic mass is 10.2. The van der Waals surface area contributed by atoms with E-state index in [4.69, 9.17) is 37.9 Å². The Kier molecular flexibility index (Phi) is 6.91. The van der Waals surface area contributed by atoms with Crippen molar-refractivity contribution < 1.29 is 19.5 Å². The lowest BCUT2D eigenvalue weighted by Crippen LogP contribution is -2.20. The predicted molar refractivity (Wildman–Crippen MR) is 97.6 cm³/mol. The van der Waals surface area contributed by atoms with E-state index in [1.165, 1.54) is 12.3 Å². The Morgan fingerprint density at radius 1 is 1.24 bits per heavy atom. The molecule has 0 atom stereocenters. The van der Waals surface area contributed by atoms with Gasteiger partial charge in [0.15, 0.2) is 18.1 Å². The van der Waals surface area contributed by atoms with E-state index in [0.717, 1.165) is 0 Å². The van der Waals surface area contributed by atoms with Crippen LogP contribution in [0.2, 0.25) is 10.0 Å². The van der Waals surface area contributed by atoms with Crippen molar-refractivity contribution in [3.05, 3.63) is 52.0 Å². The maximum Gasteiger partial charge on any atom is 0.262 e. The first-order chi connectivity index (χ1) is 12.0. The van der Waals surface area contributed by atoms with E-state index in [-0.39, 0.29) is 17.4 Å². The Morgan fingerprint density at radius 3 is 2.68 bits per heavy atom. The van der Waals surface area contributed by atoms with E-state index in [9.17, 15) is 4.79 Å². The van der Waals surface area contributed by atoms with Gasteiger partial charge in [-0.2, -0.15) is 0 Å². The van der Waals surface area contributed by atoms with Gasteiger partial charge in [0.05, 0.1) is 28.6 Å². The van der Waals surface area contributed by atoms with Gasteiger partial charge in [0.2, 0.25) is 0 Å². The molecule has 6 nitrogen and oxygen atoms in total. The molecule has 0 aliphatic heterocycles. The molecule has 2 aromatic rings. The zero-order valence-corrected chi connectivity index (χ0v) is 14.8. The van der Waals surface area contributed by atoms with Crippen LogP contribution in [-0.4, -0.2) is 30.5 Å². The third-order valence-electron chi connectivity index (χ3n) is 3.03. The first-order valence-corrected chi connectivity index (χ1v) is 8.11. The number of amides is 1. The average molecular weight is 383 g/mol. The fourth-order valence-corrected chi connectivity index (χ4v) is 2.48. The molecule has 0 aromatic heterocycles. The highest BCUT2D eigenvalue weighted by Crippen LogP contribution is 2.36. The number of oxime groups is 1. The van der Waals surface area contributed by atoms with Crippen LogP contribution in [0.5, 0.6) is 11.5 Å². The van der Waals surface area contributed by atoms with Gasteiger partial charge >= 0.3 is 0 Å². The molecule has 0 aliphatic rings. The zero-order chi connectivity index (χ0) is 18.2. The molecule has 0 unspecified atom stereocenters. The Hall–Kier alpha value is -2.44. The number of benzene rings is 2. The van der Waals surface area contributed by atoms with Crippen LogP contribution in [0.15, 0.2) is 41.6 Å². The number of ether oxygens (including phenoxy) is 2. The summed E-state index contributed by atoms with van der Waals surface area (Å²) in [6, 6.07) is 10.0. The van der Waals surface area contributed by atoms with E-state index in [2.05, 4.69) is 10.5 Å². The summed E-state index contributed by atoms with van der Waals surface area (Å²) >= 11 is 12.2. The Labute approximate surface area is 155 Å². The van der Waals surface area contributed by atoms with Crippen LogP contribution in [0, 0.1) is 0 Å². The molecule has 0 fully saturated rings. The van der Waals surface area contributed by atoms with Gasteiger partial charge in [0, 0.05) is 5.56 Å². The number of nitrogens with one attached hydrogen (secondary N) is 1. The van der Waals surface area contributed by atoms with Crippen molar-refractivity contribution in [2.24, 2.45) is 5.16 Å². The minimum atomic E-state index is -0.396. The summed E-state index contributed by atoms with van der Waals surface area (Å²) in [6.45, 7) is 1.89. The molecule has 132 valence electrons. The average Bonchev–Trinajstić information content (AvgIpc) is 2.57. The minimum absolute atomic E-state index is 0.228. The van der Waals surface area contributed by atoms with Crippen LogP contribution in [0.4, 0.5) is 5.69 Å². The maximum atomic E-state index is 12.1. The van der Waals surface area contributed by atoms with Crippen LogP contribution in [0.25, 0.3) is 0 Å². The molecule has 25 heavy (non-hydrogen) atoms. The molecule has 0 saturated carbocycles. The molecule has 0 bridgehead atoms. The molecule has 2 aromatic carbocycles. The monoisotopic (exact) mass is 382 g/mol. The summed E-state index contributed by atoms with van der Waals surface area (Å²) in [5.41, 5.74) is 1.02. The number of carbonyl (C=O) groups excluding carboxylic acids is 1. The van der Waals surface area contributed by atoms with Crippen molar-refractivity contribution in [3.63, 3.8) is 0 Å². The van der Waals surface area contributed by atoms with Gasteiger partial charge in [-0.05, 0) is 31.2 Å². The van der Waals surface area contributed by atoms with Crippen molar-refractivity contribution in [3.8, 4) is 11.5 Å². The molecule has 1 amide bonds. The smallest absolute Gasteiger partial charge is 0.262 e. The van der Waals surface area contributed by atoms with E-state index >= 15 is 0 Å². The van der Waals surface area contributed by atoms with Crippen LogP contribution in [-0.2, 0) is 4.79 Å². The second kappa shape index (κ2) is 9.15. The molecule has 0 aliphatic carbocycles. The largest absolute Gasteiger partial charge is 0.490 e. The quantitative estimate of drug-likeness (QED) is 0.426. The number of anilines is 1. The molecule has 0 saturated heterocycles. The number of halogens is 2. The summed E-state index contributed by atoms with van der Waals surface area (Å²) in [6.07, 6.45) is 1.21. The van der Waals surface area contributed by atoms with Gasteiger partial charge in [-0.1, -0.05) is 40.5 Å². The van der Waals surface area contributed by atoms with Gasteiger partial charge in [0.25, 0.3) is 5.91 Å². The number of carbonyl (C=O) groups is 1. The molecule has 2 N–H and O–H groups in total. The number of hydrogen-bond acceptors (Lipinski definition) is 5. The highest BCUT2D eigenvalue weighted by Gasteiger charge is 2.14. The van der Waals surface area contributed by atoms with Gasteiger partial charge in [-0.25, -0.2) is 0 Å². The third kappa shape index (κ3) is 5.27. The summed E-state index contributed by atoms with van der Waals surface area (Å²) in [4.78, 5) is 12.1.